The summed E-state index contributed by atoms with van der Waals surface area (Å²) < 4.78 is 23.9. The van der Waals surface area contributed by atoms with Crippen LogP contribution in [0.4, 0.5) is 0 Å². The molecule has 1 heterocycles. The highest BCUT2D eigenvalue weighted by atomic mass is 16.6. The van der Waals surface area contributed by atoms with Gasteiger partial charge in [0.2, 0.25) is 0 Å². The minimum absolute atomic E-state index is 0.0103. The standard InChI is InChI=1S/C27H31NO6/c1-4-32-27(30)26-18(2)28(19-10-12-20(31-3)13-11-19)24-15-14-22(16-23(24)26)33-17-25(29)34-21-8-6-5-7-9-21/h10-16,21H,4-9,17H2,1-3H3. The topological polar surface area (TPSA) is 76.0 Å². The van der Waals surface area contributed by atoms with Crippen LogP contribution in [0.1, 0.15) is 55.1 Å². The second kappa shape index (κ2) is 10.6. The zero-order valence-electron chi connectivity index (χ0n) is 20.0. The monoisotopic (exact) mass is 465 g/mol. The Labute approximate surface area is 199 Å². The number of hydrogen-bond acceptors (Lipinski definition) is 6. The van der Waals surface area contributed by atoms with E-state index in [1.54, 1.807) is 26.2 Å². The van der Waals surface area contributed by atoms with E-state index in [2.05, 4.69) is 0 Å². The van der Waals surface area contributed by atoms with Crippen LogP contribution >= 0.6 is 0 Å². The molecule has 1 aliphatic rings. The highest BCUT2D eigenvalue weighted by Crippen LogP contribution is 2.33. The molecule has 0 unspecified atom stereocenters. The average Bonchev–Trinajstić information content (AvgIpc) is 3.14. The number of rotatable bonds is 8. The zero-order chi connectivity index (χ0) is 24.1. The third-order valence-electron chi connectivity index (χ3n) is 6.19. The lowest BCUT2D eigenvalue weighted by molar-refractivity contribution is -0.152. The minimum atomic E-state index is -0.397. The fraction of sp³-hybridized carbons (Fsp3) is 0.407. The van der Waals surface area contributed by atoms with Crippen LogP contribution in [0.5, 0.6) is 11.5 Å². The first-order valence-corrected chi connectivity index (χ1v) is 11.8. The number of benzene rings is 2. The molecule has 1 aromatic heterocycles. The van der Waals surface area contributed by atoms with E-state index in [0.717, 1.165) is 48.3 Å². The smallest absolute Gasteiger partial charge is 0.344 e. The molecule has 180 valence electrons. The highest BCUT2D eigenvalue weighted by Gasteiger charge is 2.23. The third kappa shape index (κ3) is 5.03. The van der Waals surface area contributed by atoms with Crippen LogP contribution in [0.15, 0.2) is 42.5 Å². The van der Waals surface area contributed by atoms with Crippen LogP contribution in [0.25, 0.3) is 16.6 Å². The first-order valence-electron chi connectivity index (χ1n) is 11.8. The quantitative estimate of drug-likeness (QED) is 0.416. The zero-order valence-corrected chi connectivity index (χ0v) is 20.0. The molecule has 7 nitrogen and oxygen atoms in total. The van der Waals surface area contributed by atoms with E-state index in [0.29, 0.717) is 16.7 Å². The van der Waals surface area contributed by atoms with Crippen molar-refractivity contribution in [1.82, 2.24) is 4.57 Å². The molecule has 3 aromatic rings. The molecule has 0 N–H and O–H groups in total. The van der Waals surface area contributed by atoms with Crippen molar-refractivity contribution in [1.29, 1.82) is 0 Å². The average molecular weight is 466 g/mol. The van der Waals surface area contributed by atoms with Gasteiger partial charge in [0, 0.05) is 16.8 Å². The summed E-state index contributed by atoms with van der Waals surface area (Å²) in [5.41, 5.74) is 2.96. The molecule has 0 saturated heterocycles. The van der Waals surface area contributed by atoms with Crippen LogP contribution in [0, 0.1) is 6.92 Å². The second-order valence-corrected chi connectivity index (χ2v) is 8.43. The van der Waals surface area contributed by atoms with Crippen LogP contribution in [0.2, 0.25) is 0 Å². The van der Waals surface area contributed by atoms with Gasteiger partial charge in [0.05, 0.1) is 24.8 Å². The SMILES string of the molecule is CCOC(=O)c1c(C)n(-c2ccc(OC)cc2)c2ccc(OCC(=O)OC3CCCCC3)cc12. The minimum Gasteiger partial charge on any atom is -0.497 e. The lowest BCUT2D eigenvalue weighted by Gasteiger charge is -2.21. The highest BCUT2D eigenvalue weighted by molar-refractivity contribution is 6.07. The molecule has 0 aliphatic heterocycles. The Morgan fingerprint density at radius 3 is 2.38 bits per heavy atom. The van der Waals surface area contributed by atoms with Crippen LogP contribution in [0.3, 0.4) is 0 Å². The Balaban J connectivity index is 1.62. The van der Waals surface area contributed by atoms with Gasteiger partial charge in [-0.05, 0) is 82.0 Å². The largest absolute Gasteiger partial charge is 0.497 e. The first-order chi connectivity index (χ1) is 16.5. The van der Waals surface area contributed by atoms with Crippen molar-refractivity contribution in [3.63, 3.8) is 0 Å². The number of esters is 2. The molecule has 1 aliphatic carbocycles. The van der Waals surface area contributed by atoms with Crippen LogP contribution in [-0.4, -0.2) is 42.9 Å². The summed E-state index contributed by atoms with van der Waals surface area (Å²) in [4.78, 5) is 25.1. The van der Waals surface area contributed by atoms with Gasteiger partial charge in [-0.25, -0.2) is 9.59 Å². The summed E-state index contributed by atoms with van der Waals surface area (Å²) in [6, 6.07) is 13.1. The van der Waals surface area contributed by atoms with Gasteiger partial charge in [0.15, 0.2) is 6.61 Å². The van der Waals surface area contributed by atoms with Crippen molar-refractivity contribution in [2.75, 3.05) is 20.3 Å². The van der Waals surface area contributed by atoms with Gasteiger partial charge in [-0.2, -0.15) is 0 Å². The molecule has 2 aromatic carbocycles. The maximum Gasteiger partial charge on any atom is 0.344 e. The predicted molar refractivity (Wildman–Crippen MR) is 129 cm³/mol. The summed E-state index contributed by atoms with van der Waals surface area (Å²) in [5.74, 6) is 0.473. The number of carbonyl (C=O) groups is 2. The molecule has 7 heteroatoms. The molecule has 0 bridgehead atoms. The lowest BCUT2D eigenvalue weighted by Crippen LogP contribution is -2.24. The molecule has 34 heavy (non-hydrogen) atoms. The molecular weight excluding hydrogens is 434 g/mol. The second-order valence-electron chi connectivity index (χ2n) is 8.43. The van der Waals surface area contributed by atoms with Gasteiger partial charge in [0.25, 0.3) is 0 Å². The molecule has 0 atom stereocenters. The molecule has 0 spiro atoms. The Morgan fingerprint density at radius 1 is 1.00 bits per heavy atom. The summed E-state index contributed by atoms with van der Waals surface area (Å²) >= 11 is 0. The summed E-state index contributed by atoms with van der Waals surface area (Å²) in [6.45, 7) is 3.77. The van der Waals surface area contributed by atoms with Gasteiger partial charge < -0.3 is 23.5 Å². The van der Waals surface area contributed by atoms with Gasteiger partial charge in [0.1, 0.15) is 17.6 Å². The van der Waals surface area contributed by atoms with E-state index in [-0.39, 0.29) is 25.3 Å². The van der Waals surface area contributed by atoms with Crippen molar-refractivity contribution >= 4 is 22.8 Å². The number of hydrogen-bond donors (Lipinski definition) is 0. The van der Waals surface area contributed by atoms with Gasteiger partial charge in [-0.1, -0.05) is 6.42 Å². The summed E-state index contributed by atoms with van der Waals surface area (Å²) in [7, 11) is 1.62. The predicted octanol–water partition coefficient (Wildman–Crippen LogP) is 5.38. The fourth-order valence-corrected chi connectivity index (χ4v) is 4.56. The molecule has 0 amide bonds. The van der Waals surface area contributed by atoms with Crippen molar-refractivity contribution < 1.29 is 28.5 Å². The number of aromatic nitrogens is 1. The maximum atomic E-state index is 12.9. The first kappa shape index (κ1) is 23.7. The number of fused-ring (bicyclic) bond motifs is 1. The van der Waals surface area contributed by atoms with Crippen molar-refractivity contribution in [2.24, 2.45) is 0 Å². The number of carbonyl (C=O) groups excluding carboxylic acids is 2. The van der Waals surface area contributed by atoms with Crippen molar-refractivity contribution in [2.45, 2.75) is 52.1 Å². The molecule has 1 saturated carbocycles. The molecule has 0 radical (unpaired) electrons. The van der Waals surface area contributed by atoms with E-state index in [9.17, 15) is 9.59 Å². The maximum absolute atomic E-state index is 12.9. The Bertz CT molecular complexity index is 1160. The van der Waals surface area contributed by atoms with Gasteiger partial charge >= 0.3 is 11.9 Å². The van der Waals surface area contributed by atoms with Gasteiger partial charge in [-0.15, -0.1) is 0 Å². The van der Waals surface area contributed by atoms with E-state index in [4.69, 9.17) is 18.9 Å². The van der Waals surface area contributed by atoms with Crippen LogP contribution < -0.4 is 9.47 Å². The third-order valence-corrected chi connectivity index (χ3v) is 6.19. The van der Waals surface area contributed by atoms with E-state index in [1.165, 1.54) is 6.42 Å². The number of nitrogens with zero attached hydrogens (tertiary/aromatic N) is 1. The Morgan fingerprint density at radius 2 is 1.71 bits per heavy atom. The fourth-order valence-electron chi connectivity index (χ4n) is 4.56. The molecule has 1 fully saturated rings. The molecule has 4 rings (SSSR count). The lowest BCUT2D eigenvalue weighted by atomic mass is 9.98. The van der Waals surface area contributed by atoms with E-state index < -0.39 is 5.97 Å². The van der Waals surface area contributed by atoms with E-state index >= 15 is 0 Å². The van der Waals surface area contributed by atoms with Crippen LogP contribution in [-0.2, 0) is 14.3 Å². The number of methoxy groups -OCH3 is 1. The van der Waals surface area contributed by atoms with E-state index in [1.807, 2.05) is 41.8 Å². The van der Waals surface area contributed by atoms with Gasteiger partial charge in [-0.3, -0.25) is 0 Å². The normalized spacial score (nSPS) is 14.1. The Kier molecular flexibility index (Phi) is 7.40. The van der Waals surface area contributed by atoms with Crippen molar-refractivity contribution in [3.8, 4) is 17.2 Å². The Hall–Kier alpha value is -3.48. The molecular formula is C27H31NO6. The summed E-state index contributed by atoms with van der Waals surface area (Å²) in [5, 5.41) is 0.699. The van der Waals surface area contributed by atoms with Crippen molar-refractivity contribution in [3.05, 3.63) is 53.7 Å². The number of ether oxygens (including phenoxy) is 4. The summed E-state index contributed by atoms with van der Waals surface area (Å²) in [6.07, 6.45) is 5.21.